The van der Waals surface area contributed by atoms with E-state index in [0.717, 1.165) is 5.56 Å². The molecule has 0 radical (unpaired) electrons. The Morgan fingerprint density at radius 3 is 2.12 bits per heavy atom. The van der Waals surface area contributed by atoms with Gasteiger partial charge in [-0.2, -0.15) is 0 Å². The van der Waals surface area contributed by atoms with Crippen molar-refractivity contribution in [2.45, 2.75) is 141 Å². The van der Waals surface area contributed by atoms with Gasteiger partial charge in [0.15, 0.2) is 0 Å². The molecular weight excluding hydrogens is 775 g/mol. The van der Waals surface area contributed by atoms with Gasteiger partial charge in [-0.05, 0) is 72.3 Å². The molecule has 1 fully saturated rings. The van der Waals surface area contributed by atoms with Gasteiger partial charge in [-0.15, -0.1) is 24.9 Å². The van der Waals surface area contributed by atoms with E-state index in [0.29, 0.717) is 37.3 Å². The summed E-state index contributed by atoms with van der Waals surface area (Å²) in [6.45, 7) is 21.5. The molecule has 3 aliphatic rings. The number of nitrogens with zero attached hydrogens (tertiary/aromatic N) is 2. The summed E-state index contributed by atoms with van der Waals surface area (Å²) >= 11 is 1.33. The third-order valence-electron chi connectivity index (χ3n) is 11.0. The highest BCUT2D eigenvalue weighted by Gasteiger charge is 2.41. The summed E-state index contributed by atoms with van der Waals surface area (Å²) in [6.07, 6.45) is 4.06. The van der Waals surface area contributed by atoms with Gasteiger partial charge in [-0.25, -0.2) is 0 Å². The van der Waals surface area contributed by atoms with Crippen molar-refractivity contribution in [1.82, 2.24) is 31.5 Å². The first-order valence-electron chi connectivity index (χ1n) is 20.4. The lowest BCUT2D eigenvalue weighted by atomic mass is 9.97. The maximum absolute atomic E-state index is 14.4. The average molecular weight is 838 g/mol. The zero-order valence-electron chi connectivity index (χ0n) is 35.7. The van der Waals surface area contributed by atoms with Crippen molar-refractivity contribution in [1.29, 1.82) is 0 Å². The maximum Gasteiger partial charge on any atom is 0.246 e. The van der Waals surface area contributed by atoms with Gasteiger partial charge in [0.05, 0.1) is 35.0 Å². The largest absolute Gasteiger partial charge is 0.369 e. The fraction of sp³-hybridized carbons (Fsp3) is 0.605. The molecular formula is C43H63N7O8S. The number of hydrogen-bond donors (Lipinski definition) is 5. The van der Waals surface area contributed by atoms with E-state index in [1.165, 1.54) is 16.7 Å². The molecule has 1 aromatic carbocycles. The van der Waals surface area contributed by atoms with E-state index >= 15 is 0 Å². The molecule has 1 unspecified atom stereocenters. The Labute approximate surface area is 352 Å². The lowest BCUT2D eigenvalue weighted by molar-refractivity contribution is -0.142. The zero-order valence-corrected chi connectivity index (χ0v) is 36.5. The van der Waals surface area contributed by atoms with Crippen LogP contribution in [-0.2, 0) is 44.7 Å². The van der Waals surface area contributed by atoms with E-state index in [-0.39, 0.29) is 18.3 Å². The molecule has 4 rings (SSSR count). The first kappa shape index (κ1) is 47.1. The molecule has 3 aliphatic heterocycles. The molecule has 59 heavy (non-hydrogen) atoms. The highest BCUT2D eigenvalue weighted by Crippen LogP contribution is 2.25. The minimum absolute atomic E-state index is 0.238. The van der Waals surface area contributed by atoms with Gasteiger partial charge in [0, 0.05) is 12.3 Å². The molecule has 9 atom stereocenters. The second-order valence-electron chi connectivity index (χ2n) is 16.6. The number of aliphatic imine (C=N–C) groups is 1. The van der Waals surface area contributed by atoms with Crippen molar-refractivity contribution >= 4 is 52.2 Å². The quantitative estimate of drug-likeness (QED) is 0.197. The third-order valence-corrected chi connectivity index (χ3v) is 12.2. The Balaban J connectivity index is 1.79. The van der Waals surface area contributed by atoms with Gasteiger partial charge in [0.2, 0.25) is 35.4 Å². The van der Waals surface area contributed by atoms with Crippen LogP contribution < -0.4 is 26.6 Å². The number of carbonyl (C=O) groups is 6. The maximum atomic E-state index is 14.4. The fourth-order valence-electron chi connectivity index (χ4n) is 6.95. The summed E-state index contributed by atoms with van der Waals surface area (Å²) in [4.78, 5) is 90.9. The second-order valence-corrected chi connectivity index (χ2v) is 17.7. The lowest BCUT2D eigenvalue weighted by Gasteiger charge is -2.33. The van der Waals surface area contributed by atoms with Gasteiger partial charge < -0.3 is 41.0 Å². The Kier molecular flexibility index (Phi) is 16.5. The van der Waals surface area contributed by atoms with Crippen molar-refractivity contribution in [3.63, 3.8) is 0 Å². The van der Waals surface area contributed by atoms with Gasteiger partial charge >= 0.3 is 0 Å². The third kappa shape index (κ3) is 12.7. The first-order chi connectivity index (χ1) is 27.8. The highest BCUT2D eigenvalue weighted by atomic mass is 32.2. The topological polar surface area (TPSA) is 197 Å². The first-order valence-corrected chi connectivity index (χ1v) is 21.4. The Hall–Kier alpha value is -4.54. The number of amides is 6. The van der Waals surface area contributed by atoms with Crippen LogP contribution in [0.2, 0.25) is 0 Å². The number of hydrogen-bond acceptors (Lipinski definition) is 10. The van der Waals surface area contributed by atoms with Crippen LogP contribution in [0.5, 0.6) is 0 Å². The standard InChI is InChI=1S/C43H63N7O8S/c1-11-25(4)33-38(54)44-26(5)41(56)50-21-17-20-32(50)37(53)45-29(22-28-18-15-14-16-19-28)40-47-31(24-59-40)36(52)49-34(27(6)58-43(9,10)13-3)39(55)46-30(35(51)48-33)23-57-42(7,8)12-2/h12-16,18-19,25-27,29-34H,2-3,11,17,20-24H2,1,4-10H3,(H,44,54)(H,45,53)(H,46,55)(H,48,51)(H,49,52)/t25-,26-,27+,29+,30-,31-,32?,33-,34-/m0/s1. The van der Waals surface area contributed by atoms with E-state index < -0.39 is 95.1 Å². The predicted molar refractivity (Wildman–Crippen MR) is 228 cm³/mol. The van der Waals surface area contributed by atoms with E-state index in [4.69, 9.17) is 14.5 Å². The molecule has 1 aromatic rings. The molecule has 16 heteroatoms. The van der Waals surface area contributed by atoms with Crippen LogP contribution in [-0.4, -0.2) is 124 Å². The van der Waals surface area contributed by atoms with Gasteiger partial charge in [0.1, 0.15) is 36.3 Å². The Bertz CT molecular complexity index is 1750. The minimum atomic E-state index is -1.35. The smallest absolute Gasteiger partial charge is 0.246 e. The molecule has 5 N–H and O–H groups in total. The SMILES string of the molecule is C=CC(C)(C)OC[C@@H]1NC(=O)[C@H]([C@@H](C)OC(C)(C)C=C)NC(=O)[C@@H]2CSC(=N2)[C@@H](Cc2ccccc2)NC(=O)C2CCCN2C(=O)[C@H](C)NC(=O)[C@H]([C@@H](C)CC)NC1=O. The van der Waals surface area contributed by atoms with Crippen molar-refractivity contribution < 1.29 is 38.2 Å². The summed E-state index contributed by atoms with van der Waals surface area (Å²) in [5, 5.41) is 14.8. The highest BCUT2D eigenvalue weighted by molar-refractivity contribution is 8.14. The van der Waals surface area contributed by atoms with E-state index in [2.05, 4.69) is 39.7 Å². The number of ether oxygens (including phenoxy) is 2. The van der Waals surface area contributed by atoms with E-state index in [9.17, 15) is 28.8 Å². The molecule has 1 saturated heterocycles. The van der Waals surface area contributed by atoms with Crippen molar-refractivity contribution in [2.75, 3.05) is 18.9 Å². The average Bonchev–Trinajstić information content (AvgIpc) is 3.91. The van der Waals surface area contributed by atoms with Crippen molar-refractivity contribution in [3.05, 3.63) is 61.2 Å². The van der Waals surface area contributed by atoms with E-state index in [1.807, 2.05) is 37.3 Å². The van der Waals surface area contributed by atoms with Crippen LogP contribution in [0.3, 0.4) is 0 Å². The van der Waals surface area contributed by atoms with Crippen molar-refractivity contribution in [2.24, 2.45) is 10.9 Å². The van der Waals surface area contributed by atoms with Crippen LogP contribution >= 0.6 is 11.8 Å². The summed E-state index contributed by atoms with van der Waals surface area (Å²) in [7, 11) is 0. The van der Waals surface area contributed by atoms with Crippen LogP contribution in [0.25, 0.3) is 0 Å². The number of rotatable bonds is 12. The molecule has 2 bridgehead atoms. The minimum Gasteiger partial charge on any atom is -0.369 e. The summed E-state index contributed by atoms with van der Waals surface area (Å²) in [6, 6.07) is 2.39. The molecule has 6 amide bonds. The van der Waals surface area contributed by atoms with Gasteiger partial charge in [-0.1, -0.05) is 62.8 Å². The number of carbonyl (C=O) groups excluding carboxylic acids is 6. The zero-order chi connectivity index (χ0) is 43.7. The van der Waals surface area contributed by atoms with E-state index in [1.54, 1.807) is 60.6 Å². The van der Waals surface area contributed by atoms with Crippen LogP contribution in [0.1, 0.15) is 80.2 Å². The summed E-state index contributed by atoms with van der Waals surface area (Å²) < 4.78 is 12.2. The molecule has 0 aromatic heterocycles. The second kappa shape index (κ2) is 20.6. The lowest BCUT2D eigenvalue weighted by Crippen LogP contribution is -2.62. The van der Waals surface area contributed by atoms with Gasteiger partial charge in [0.25, 0.3) is 0 Å². The Morgan fingerprint density at radius 1 is 0.847 bits per heavy atom. The summed E-state index contributed by atoms with van der Waals surface area (Å²) in [5.74, 6) is -3.61. The van der Waals surface area contributed by atoms with Crippen LogP contribution in [0.15, 0.2) is 60.6 Å². The fourth-order valence-corrected chi connectivity index (χ4v) is 8.05. The Morgan fingerprint density at radius 2 is 1.47 bits per heavy atom. The molecule has 15 nitrogen and oxygen atoms in total. The number of benzene rings is 1. The van der Waals surface area contributed by atoms with Gasteiger partial charge in [-0.3, -0.25) is 33.8 Å². The molecule has 324 valence electrons. The molecule has 0 aliphatic carbocycles. The monoisotopic (exact) mass is 837 g/mol. The van der Waals surface area contributed by atoms with Crippen LogP contribution in [0.4, 0.5) is 0 Å². The molecule has 3 heterocycles. The normalized spacial score (nSPS) is 27.8. The number of fused-ring (bicyclic) bond motifs is 2. The number of nitrogens with one attached hydrogen (secondary N) is 5. The van der Waals surface area contributed by atoms with Crippen LogP contribution in [0, 0.1) is 5.92 Å². The molecule has 0 saturated carbocycles. The summed E-state index contributed by atoms with van der Waals surface area (Å²) in [5.41, 5.74) is -0.870. The predicted octanol–water partition coefficient (Wildman–Crippen LogP) is 2.59. The molecule has 0 spiro atoms. The number of thioether (sulfide) groups is 1. The van der Waals surface area contributed by atoms with Crippen molar-refractivity contribution in [3.8, 4) is 0 Å².